The Balaban J connectivity index is 1.21. The Morgan fingerprint density at radius 2 is 1.90 bits per heavy atom. The standard InChI is InChI=1S/C30H38ClN3O7/c31-24-10-7-20(30-29(39)28(38)27(37)25(18-35)41-30)15-21(24)14-19-5-8-23(9-6-19)40-13-2-1-11-33-17-26(36)34-12-3-4-22(34)16-32/h5-10,15,22,25,27-30,33,35,37-39H,1-4,11-14,17-18H2/t22-,25+,27+,28-,29+,30-/m0/s1. The lowest BCUT2D eigenvalue weighted by molar-refractivity contribution is -0.231. The minimum Gasteiger partial charge on any atom is -0.494 e. The minimum absolute atomic E-state index is 0.0210. The summed E-state index contributed by atoms with van der Waals surface area (Å²) >= 11 is 6.45. The van der Waals surface area contributed by atoms with Gasteiger partial charge < -0.3 is 40.1 Å². The predicted molar refractivity (Wildman–Crippen MR) is 151 cm³/mol. The van der Waals surface area contributed by atoms with Crippen molar-refractivity contribution in [3.63, 3.8) is 0 Å². The van der Waals surface area contributed by atoms with Gasteiger partial charge in [0.15, 0.2) is 0 Å². The molecule has 0 radical (unpaired) electrons. The first-order chi connectivity index (χ1) is 19.8. The number of ether oxygens (including phenoxy) is 2. The van der Waals surface area contributed by atoms with Gasteiger partial charge in [0.1, 0.15) is 42.3 Å². The Labute approximate surface area is 245 Å². The normalized spacial score (nSPS) is 26.1. The molecule has 5 N–H and O–H groups in total. The Morgan fingerprint density at radius 1 is 1.12 bits per heavy atom. The highest BCUT2D eigenvalue weighted by molar-refractivity contribution is 6.31. The van der Waals surface area contributed by atoms with Crippen LogP contribution in [0.15, 0.2) is 42.5 Å². The van der Waals surface area contributed by atoms with Crippen molar-refractivity contribution in [2.24, 2.45) is 0 Å². The number of aliphatic hydroxyl groups is 4. The second-order valence-corrected chi connectivity index (χ2v) is 10.9. The summed E-state index contributed by atoms with van der Waals surface area (Å²) in [6, 6.07) is 14.8. The third kappa shape index (κ3) is 7.96. The van der Waals surface area contributed by atoms with E-state index in [1.807, 2.05) is 24.3 Å². The van der Waals surface area contributed by atoms with Gasteiger partial charge in [-0.3, -0.25) is 4.79 Å². The van der Waals surface area contributed by atoms with E-state index < -0.39 is 37.1 Å². The summed E-state index contributed by atoms with van der Waals surface area (Å²) in [6.45, 7) is 1.66. The van der Waals surface area contributed by atoms with E-state index in [1.165, 1.54) is 0 Å². The number of carbonyl (C=O) groups is 1. The number of nitrogens with zero attached hydrogens (tertiary/aromatic N) is 2. The molecular formula is C30H38ClN3O7. The predicted octanol–water partition coefficient (Wildman–Crippen LogP) is 1.71. The van der Waals surface area contributed by atoms with E-state index in [0.29, 0.717) is 36.7 Å². The van der Waals surface area contributed by atoms with Crippen LogP contribution in [0.3, 0.4) is 0 Å². The highest BCUT2D eigenvalue weighted by atomic mass is 35.5. The monoisotopic (exact) mass is 587 g/mol. The highest BCUT2D eigenvalue weighted by Gasteiger charge is 2.44. The van der Waals surface area contributed by atoms with Crippen LogP contribution in [0.25, 0.3) is 0 Å². The molecule has 0 bridgehead atoms. The van der Waals surface area contributed by atoms with E-state index in [2.05, 4.69) is 11.4 Å². The number of carbonyl (C=O) groups excluding carboxylic acids is 1. The average molecular weight is 588 g/mol. The molecule has 6 atom stereocenters. The fourth-order valence-corrected chi connectivity index (χ4v) is 5.43. The van der Waals surface area contributed by atoms with Gasteiger partial charge in [-0.2, -0.15) is 5.26 Å². The van der Waals surface area contributed by atoms with Crippen LogP contribution in [0.4, 0.5) is 0 Å². The largest absolute Gasteiger partial charge is 0.494 e. The first-order valence-electron chi connectivity index (χ1n) is 14.0. The summed E-state index contributed by atoms with van der Waals surface area (Å²) in [6.07, 6.45) is -2.28. The number of hydrogen-bond acceptors (Lipinski definition) is 9. The van der Waals surface area contributed by atoms with Crippen LogP contribution in [-0.2, 0) is 16.0 Å². The maximum absolute atomic E-state index is 12.2. The molecule has 2 heterocycles. The number of amides is 1. The van der Waals surface area contributed by atoms with Crippen molar-refractivity contribution in [2.45, 2.75) is 68.7 Å². The van der Waals surface area contributed by atoms with Crippen molar-refractivity contribution in [3.05, 3.63) is 64.2 Å². The summed E-state index contributed by atoms with van der Waals surface area (Å²) in [7, 11) is 0. The maximum atomic E-state index is 12.2. The molecule has 4 rings (SSSR count). The van der Waals surface area contributed by atoms with Gasteiger partial charge in [0.25, 0.3) is 0 Å². The molecule has 2 aromatic rings. The molecule has 0 unspecified atom stereocenters. The summed E-state index contributed by atoms with van der Waals surface area (Å²) in [5.41, 5.74) is 2.38. The number of halogens is 1. The van der Waals surface area contributed by atoms with Crippen LogP contribution >= 0.6 is 11.6 Å². The Kier molecular flexibility index (Phi) is 11.4. The number of nitrogens with one attached hydrogen (secondary N) is 1. The Hall–Kier alpha value is -2.75. The number of likely N-dealkylation sites (tertiary alicyclic amines) is 1. The summed E-state index contributed by atoms with van der Waals surface area (Å²) in [4.78, 5) is 13.9. The lowest BCUT2D eigenvalue weighted by Gasteiger charge is -2.40. The van der Waals surface area contributed by atoms with Crippen LogP contribution in [0.2, 0.25) is 5.02 Å². The van der Waals surface area contributed by atoms with E-state index in [4.69, 9.17) is 26.3 Å². The molecule has 2 aromatic carbocycles. The number of rotatable bonds is 12. The summed E-state index contributed by atoms with van der Waals surface area (Å²) in [5, 5.41) is 53.0. The van der Waals surface area contributed by atoms with E-state index in [1.54, 1.807) is 23.1 Å². The molecule has 2 saturated heterocycles. The molecule has 2 aliphatic rings. The third-order valence-corrected chi connectivity index (χ3v) is 7.99. The van der Waals surface area contributed by atoms with Gasteiger partial charge in [-0.1, -0.05) is 35.9 Å². The number of benzene rings is 2. The smallest absolute Gasteiger partial charge is 0.237 e. The lowest BCUT2D eigenvalue weighted by atomic mass is 9.90. The summed E-state index contributed by atoms with van der Waals surface area (Å²) in [5.74, 6) is 0.724. The zero-order chi connectivity index (χ0) is 29.4. The molecule has 2 fully saturated rings. The SMILES string of the molecule is N#C[C@@H]1CCCN1C(=O)CNCCCCOc1ccc(Cc2cc([C@@H]3O[C@H](CO)[C@@H](O)[C@H](O)[C@H]3O)ccc2Cl)cc1. The van der Waals surface area contributed by atoms with Crippen LogP contribution in [0, 0.1) is 11.3 Å². The van der Waals surface area contributed by atoms with E-state index in [-0.39, 0.29) is 18.5 Å². The second kappa shape index (κ2) is 14.9. The van der Waals surface area contributed by atoms with Crippen LogP contribution in [0.1, 0.15) is 48.5 Å². The zero-order valence-corrected chi connectivity index (χ0v) is 23.6. The molecule has 0 spiro atoms. The topological polar surface area (TPSA) is 156 Å². The lowest BCUT2D eigenvalue weighted by Crippen LogP contribution is -2.55. The molecule has 41 heavy (non-hydrogen) atoms. The van der Waals surface area contributed by atoms with Gasteiger partial charge in [-0.15, -0.1) is 0 Å². The van der Waals surface area contributed by atoms with Crippen molar-refractivity contribution in [3.8, 4) is 11.8 Å². The second-order valence-electron chi connectivity index (χ2n) is 10.5. The number of nitriles is 1. The van der Waals surface area contributed by atoms with Crippen LogP contribution in [-0.4, -0.2) is 94.5 Å². The van der Waals surface area contributed by atoms with Gasteiger partial charge in [0.05, 0.1) is 25.8 Å². The maximum Gasteiger partial charge on any atom is 0.237 e. The van der Waals surface area contributed by atoms with E-state index >= 15 is 0 Å². The third-order valence-electron chi connectivity index (χ3n) is 7.62. The average Bonchev–Trinajstić information content (AvgIpc) is 3.47. The quantitative estimate of drug-likeness (QED) is 0.233. The zero-order valence-electron chi connectivity index (χ0n) is 22.9. The van der Waals surface area contributed by atoms with Crippen molar-refractivity contribution in [1.82, 2.24) is 10.2 Å². The van der Waals surface area contributed by atoms with Gasteiger partial charge in [-0.05, 0) is 73.5 Å². The molecule has 2 aliphatic heterocycles. The highest BCUT2D eigenvalue weighted by Crippen LogP contribution is 2.34. The Bertz CT molecular complexity index is 1190. The van der Waals surface area contributed by atoms with Gasteiger partial charge in [-0.25, -0.2) is 0 Å². The number of hydrogen-bond donors (Lipinski definition) is 5. The first-order valence-corrected chi connectivity index (χ1v) is 14.4. The van der Waals surface area contributed by atoms with Crippen LogP contribution < -0.4 is 10.1 Å². The van der Waals surface area contributed by atoms with Crippen molar-refractivity contribution in [2.75, 3.05) is 32.8 Å². The number of unbranched alkanes of at least 4 members (excludes halogenated alkanes) is 1. The molecule has 0 aliphatic carbocycles. The molecule has 0 aromatic heterocycles. The van der Waals surface area contributed by atoms with Crippen molar-refractivity contribution < 1.29 is 34.7 Å². The molecule has 1 amide bonds. The molecular weight excluding hydrogens is 550 g/mol. The number of aliphatic hydroxyl groups excluding tert-OH is 4. The minimum atomic E-state index is -1.45. The van der Waals surface area contributed by atoms with Crippen LogP contribution in [0.5, 0.6) is 5.75 Å². The fourth-order valence-electron chi connectivity index (χ4n) is 5.25. The van der Waals surface area contributed by atoms with Crippen molar-refractivity contribution >= 4 is 17.5 Å². The molecule has 10 nitrogen and oxygen atoms in total. The van der Waals surface area contributed by atoms with E-state index in [0.717, 1.165) is 42.6 Å². The van der Waals surface area contributed by atoms with E-state index in [9.17, 15) is 25.2 Å². The fraction of sp³-hybridized carbons (Fsp3) is 0.533. The Morgan fingerprint density at radius 3 is 2.63 bits per heavy atom. The van der Waals surface area contributed by atoms with Gasteiger partial charge in [0, 0.05) is 11.6 Å². The molecule has 0 saturated carbocycles. The summed E-state index contributed by atoms with van der Waals surface area (Å²) < 4.78 is 11.5. The van der Waals surface area contributed by atoms with Gasteiger partial charge >= 0.3 is 0 Å². The van der Waals surface area contributed by atoms with Crippen molar-refractivity contribution in [1.29, 1.82) is 5.26 Å². The molecule has 11 heteroatoms. The first kappa shape index (κ1) is 31.2. The van der Waals surface area contributed by atoms with Gasteiger partial charge in [0.2, 0.25) is 5.91 Å². The molecule has 222 valence electrons.